The zero-order valence-electron chi connectivity index (χ0n) is 20.8. The van der Waals surface area contributed by atoms with E-state index in [9.17, 15) is 13.2 Å². The maximum absolute atomic E-state index is 13.6. The topological polar surface area (TPSA) is 112 Å². The molecule has 1 aliphatic carbocycles. The van der Waals surface area contributed by atoms with Crippen LogP contribution in [0, 0.1) is 0 Å². The van der Waals surface area contributed by atoms with Gasteiger partial charge in [-0.05, 0) is 60.1 Å². The highest BCUT2D eigenvalue weighted by Gasteiger charge is 2.43. The van der Waals surface area contributed by atoms with Gasteiger partial charge in [0.2, 0.25) is 10.0 Å². The highest BCUT2D eigenvalue weighted by Crippen LogP contribution is 2.52. The van der Waals surface area contributed by atoms with E-state index in [-0.39, 0.29) is 36.9 Å². The van der Waals surface area contributed by atoms with Crippen LogP contribution in [-0.2, 0) is 33.3 Å². The van der Waals surface area contributed by atoms with Gasteiger partial charge >= 0.3 is 5.97 Å². The number of carboxylic acids is 1. The second-order valence-electron chi connectivity index (χ2n) is 9.30. The van der Waals surface area contributed by atoms with Crippen molar-refractivity contribution in [3.05, 3.63) is 83.8 Å². The predicted octanol–water partition coefficient (Wildman–Crippen LogP) is 5.01. The average Bonchev–Trinajstić information content (AvgIpc) is 3.68. The minimum atomic E-state index is -3.86. The summed E-state index contributed by atoms with van der Waals surface area (Å²) in [5.74, 6) is -0.631. The number of nitrogens with one attached hydrogen (secondary N) is 1. The van der Waals surface area contributed by atoms with Crippen molar-refractivity contribution in [1.29, 1.82) is 0 Å². The molecule has 2 heterocycles. The molecule has 1 aromatic carbocycles. The first-order valence-electron chi connectivity index (χ1n) is 12.2. The van der Waals surface area contributed by atoms with Crippen LogP contribution in [0.2, 0.25) is 0 Å². The van der Waals surface area contributed by atoms with Crippen molar-refractivity contribution in [3.63, 3.8) is 0 Å². The fourth-order valence-electron chi connectivity index (χ4n) is 4.40. The van der Waals surface area contributed by atoms with Crippen molar-refractivity contribution in [2.45, 2.75) is 62.4 Å². The monoisotopic (exact) mass is 544 g/mol. The van der Waals surface area contributed by atoms with E-state index in [2.05, 4.69) is 34.3 Å². The number of anilines is 1. The van der Waals surface area contributed by atoms with Gasteiger partial charge in [-0.1, -0.05) is 50.1 Å². The number of nitrogens with zero attached hydrogens (tertiary/aromatic N) is 3. The van der Waals surface area contributed by atoms with Gasteiger partial charge in [0, 0.05) is 18.9 Å². The van der Waals surface area contributed by atoms with E-state index in [1.54, 1.807) is 24.3 Å². The Hall–Kier alpha value is -3.01. The smallest absolute Gasteiger partial charge is 0.322 e. The number of pyridine rings is 2. The molecule has 0 aliphatic heterocycles. The molecule has 2 aromatic heterocycles. The second kappa shape index (κ2) is 12.5. The first-order valence-corrected chi connectivity index (χ1v) is 13.7. The van der Waals surface area contributed by atoms with E-state index < -0.39 is 16.0 Å². The Balaban J connectivity index is 0.00000380. The Morgan fingerprint density at radius 2 is 1.84 bits per heavy atom. The van der Waals surface area contributed by atoms with E-state index >= 15 is 0 Å². The van der Waals surface area contributed by atoms with Crippen molar-refractivity contribution in [2.75, 3.05) is 11.9 Å². The van der Waals surface area contributed by atoms with E-state index in [0.29, 0.717) is 16.9 Å². The Morgan fingerprint density at radius 1 is 1.08 bits per heavy atom. The lowest BCUT2D eigenvalue weighted by Gasteiger charge is -2.23. The number of carboxylic acid groups (broad SMARTS) is 1. The molecule has 0 bridgehead atoms. The molecule has 0 saturated heterocycles. The number of benzene rings is 1. The molecule has 37 heavy (non-hydrogen) atoms. The molecule has 0 unspecified atom stereocenters. The van der Waals surface area contributed by atoms with E-state index in [1.165, 1.54) is 60.4 Å². The van der Waals surface area contributed by atoms with Gasteiger partial charge in [0.05, 0.1) is 12.2 Å². The summed E-state index contributed by atoms with van der Waals surface area (Å²) in [5, 5.41) is 11.6. The zero-order chi connectivity index (χ0) is 25.6. The zero-order valence-corrected chi connectivity index (χ0v) is 22.5. The summed E-state index contributed by atoms with van der Waals surface area (Å²) in [5.41, 5.74) is 3.02. The third kappa shape index (κ3) is 7.28. The summed E-state index contributed by atoms with van der Waals surface area (Å²) < 4.78 is 28.5. The maximum Gasteiger partial charge on any atom is 0.322 e. The van der Waals surface area contributed by atoms with E-state index in [0.717, 1.165) is 5.56 Å². The summed E-state index contributed by atoms with van der Waals surface area (Å²) in [4.78, 5) is 19.4. The number of aliphatic carboxylic acids is 1. The van der Waals surface area contributed by atoms with Gasteiger partial charge < -0.3 is 10.4 Å². The van der Waals surface area contributed by atoms with Crippen molar-refractivity contribution >= 4 is 34.2 Å². The number of rotatable bonds is 13. The Labute approximate surface area is 224 Å². The first kappa shape index (κ1) is 28.6. The van der Waals surface area contributed by atoms with Crippen molar-refractivity contribution in [3.8, 4) is 0 Å². The van der Waals surface area contributed by atoms with Gasteiger partial charge in [0.1, 0.15) is 17.3 Å². The van der Waals surface area contributed by atoms with Gasteiger partial charge in [0.25, 0.3) is 0 Å². The van der Waals surface area contributed by atoms with Crippen LogP contribution in [-0.4, -0.2) is 40.3 Å². The summed E-state index contributed by atoms with van der Waals surface area (Å²) in [6.45, 7) is 2.14. The van der Waals surface area contributed by atoms with Gasteiger partial charge in [-0.15, -0.1) is 12.4 Å². The van der Waals surface area contributed by atoms with Crippen LogP contribution in [0.5, 0.6) is 0 Å². The molecule has 2 N–H and O–H groups in total. The third-order valence-corrected chi connectivity index (χ3v) is 8.40. The lowest BCUT2D eigenvalue weighted by Crippen LogP contribution is -2.31. The first-order chi connectivity index (χ1) is 17.3. The van der Waals surface area contributed by atoms with Crippen LogP contribution in [0.4, 0.5) is 5.82 Å². The lowest BCUT2D eigenvalue weighted by atomic mass is 9.90. The van der Waals surface area contributed by atoms with Gasteiger partial charge in [-0.3, -0.25) is 9.78 Å². The highest BCUT2D eigenvalue weighted by molar-refractivity contribution is 7.89. The standard InChI is InChI=1S/C27H32N4O4S.ClH/c1-2-3-13-27(14-15-27)22-11-9-21(10-12-22)19-31(36(34,35)24-7-5-16-28-17-24)20-23-6-4-8-25(30-23)29-18-26(32)33;/h4-12,16-17H,2-3,13-15,18-20H2,1H3,(H,29,30)(H,32,33);1H. The highest BCUT2D eigenvalue weighted by atomic mass is 35.5. The summed E-state index contributed by atoms with van der Waals surface area (Å²) in [6, 6.07) is 16.5. The number of aromatic nitrogens is 2. The van der Waals surface area contributed by atoms with Crippen LogP contribution in [0.1, 0.15) is 55.8 Å². The lowest BCUT2D eigenvalue weighted by molar-refractivity contribution is -0.134. The molecule has 10 heteroatoms. The number of hydrogen-bond donors (Lipinski definition) is 2. The predicted molar refractivity (Wildman–Crippen MR) is 145 cm³/mol. The number of hydrogen-bond acceptors (Lipinski definition) is 6. The van der Waals surface area contributed by atoms with Crippen molar-refractivity contribution in [2.24, 2.45) is 0 Å². The third-order valence-electron chi connectivity index (χ3n) is 6.63. The van der Waals surface area contributed by atoms with Gasteiger partial charge in [-0.25, -0.2) is 13.4 Å². The molecule has 1 fully saturated rings. The van der Waals surface area contributed by atoms with Crippen molar-refractivity contribution < 1.29 is 18.3 Å². The summed E-state index contributed by atoms with van der Waals surface area (Å²) in [6.07, 6.45) is 8.90. The molecule has 0 atom stereocenters. The minimum Gasteiger partial charge on any atom is -0.480 e. The second-order valence-corrected chi connectivity index (χ2v) is 11.2. The molecule has 8 nitrogen and oxygen atoms in total. The minimum absolute atomic E-state index is 0. The molecule has 0 radical (unpaired) electrons. The Kier molecular flexibility index (Phi) is 9.64. The number of carbonyl (C=O) groups is 1. The van der Waals surface area contributed by atoms with Crippen molar-refractivity contribution in [1.82, 2.24) is 14.3 Å². The molecule has 198 valence electrons. The maximum atomic E-state index is 13.6. The molecule has 4 rings (SSSR count). The van der Waals surface area contributed by atoms with Gasteiger partial charge in [-0.2, -0.15) is 4.31 Å². The molecular weight excluding hydrogens is 512 g/mol. The average molecular weight is 545 g/mol. The molecule has 3 aromatic rings. The van der Waals surface area contributed by atoms with Crippen LogP contribution >= 0.6 is 12.4 Å². The summed E-state index contributed by atoms with van der Waals surface area (Å²) >= 11 is 0. The Bertz CT molecular complexity index is 1280. The molecule has 0 amide bonds. The van der Waals surface area contributed by atoms with Crippen LogP contribution in [0.3, 0.4) is 0 Å². The molecular formula is C27H33ClN4O4S. The molecule has 1 saturated carbocycles. The van der Waals surface area contributed by atoms with E-state index in [1.807, 2.05) is 12.1 Å². The fraction of sp³-hybridized carbons (Fsp3) is 0.370. The molecule has 1 aliphatic rings. The fourth-order valence-corrected chi connectivity index (χ4v) is 5.77. The van der Waals surface area contributed by atoms with Crippen LogP contribution < -0.4 is 5.32 Å². The number of sulfonamides is 1. The van der Waals surface area contributed by atoms with Crippen LogP contribution in [0.15, 0.2) is 71.9 Å². The normalized spacial score (nSPS) is 14.1. The number of unbranched alkanes of at least 4 members (excludes halogenated alkanes) is 1. The number of halogens is 1. The Morgan fingerprint density at radius 3 is 2.46 bits per heavy atom. The van der Waals surface area contributed by atoms with E-state index in [4.69, 9.17) is 5.11 Å². The summed E-state index contributed by atoms with van der Waals surface area (Å²) in [7, 11) is -3.86. The van der Waals surface area contributed by atoms with Gasteiger partial charge in [0.15, 0.2) is 0 Å². The van der Waals surface area contributed by atoms with Crippen LogP contribution in [0.25, 0.3) is 0 Å². The largest absolute Gasteiger partial charge is 0.480 e. The molecule has 0 spiro atoms. The SMILES string of the molecule is CCCCC1(c2ccc(CN(Cc3cccc(NCC(=O)O)n3)S(=O)(=O)c3cccnc3)cc2)CC1.Cl. The quantitative estimate of drug-likeness (QED) is 0.311.